The summed E-state index contributed by atoms with van der Waals surface area (Å²) in [6.45, 7) is 0. The van der Waals surface area contributed by atoms with Gasteiger partial charge < -0.3 is 9.72 Å². The number of methoxy groups -OCH3 is 1. The lowest BCUT2D eigenvalue weighted by molar-refractivity contribution is 0.174. The monoisotopic (exact) mass is 540 g/mol. The molecule has 1 atom stereocenters. The summed E-state index contributed by atoms with van der Waals surface area (Å²) < 4.78 is 42.7. The molecule has 0 saturated heterocycles. The Bertz CT molecular complexity index is 1370. The zero-order valence-electron chi connectivity index (χ0n) is 14.9. The van der Waals surface area contributed by atoms with Crippen molar-refractivity contribution in [2.75, 3.05) is 7.11 Å². The Hall–Kier alpha value is -2.14. The maximum atomic E-state index is 12.5. The fourth-order valence-electron chi connectivity index (χ4n) is 3.51. The van der Waals surface area contributed by atoms with Crippen LogP contribution in [0.25, 0.3) is 21.8 Å². The minimum atomic E-state index is -4.57. The van der Waals surface area contributed by atoms with Crippen LogP contribution >= 0.6 is 31.9 Å². The van der Waals surface area contributed by atoms with Gasteiger partial charge in [-0.05, 0) is 24.3 Å². The molecule has 0 fully saturated rings. The van der Waals surface area contributed by atoms with Crippen LogP contribution in [0.2, 0.25) is 0 Å². The molecule has 0 aliphatic rings. The lowest BCUT2D eigenvalue weighted by atomic mass is 10.0. The minimum Gasteiger partial charge on any atom is -0.452 e. The summed E-state index contributed by atoms with van der Waals surface area (Å²) in [5.74, 6) is 0. The lowest BCUT2D eigenvalue weighted by Crippen LogP contribution is -2.14. The molecule has 7 nitrogen and oxygen atoms in total. The van der Waals surface area contributed by atoms with Crippen molar-refractivity contribution >= 4 is 69.9 Å². The Morgan fingerprint density at radius 1 is 1.10 bits per heavy atom. The minimum absolute atomic E-state index is 0.268. The molecule has 0 amide bonds. The van der Waals surface area contributed by atoms with Gasteiger partial charge in [-0.2, -0.15) is 8.42 Å². The van der Waals surface area contributed by atoms with Gasteiger partial charge in [0.05, 0.1) is 12.6 Å². The second-order valence-electron chi connectivity index (χ2n) is 6.41. The molecule has 2 aromatic heterocycles. The van der Waals surface area contributed by atoms with E-state index in [1.165, 1.54) is 17.9 Å². The topological polar surface area (TPSA) is 101 Å². The van der Waals surface area contributed by atoms with Crippen LogP contribution < -0.4 is 0 Å². The summed E-state index contributed by atoms with van der Waals surface area (Å²) in [6, 6.07) is 10.5. The molecule has 29 heavy (non-hydrogen) atoms. The zero-order chi connectivity index (χ0) is 20.9. The standard InChI is InChI=1S/C19H14Br2N2O5S/c1-28-19(24)23-9-15(13-5-3-11(21)7-17(13)23)18(29(25,26)27)14-8-22-16-6-10(20)2-4-12(14)16/h2-9,18,22H,1H3,(H,25,26,27). The molecule has 4 rings (SSSR count). The normalized spacial score (nSPS) is 13.1. The number of H-pyrrole nitrogens is 1. The highest BCUT2D eigenvalue weighted by atomic mass is 79.9. The number of fused-ring (bicyclic) bond motifs is 2. The average molecular weight is 542 g/mol. The number of nitrogens with zero attached hydrogens (tertiary/aromatic N) is 1. The van der Waals surface area contributed by atoms with Crippen LogP contribution in [0.1, 0.15) is 16.4 Å². The number of aromatic nitrogens is 2. The van der Waals surface area contributed by atoms with E-state index in [0.717, 1.165) is 4.47 Å². The number of halogens is 2. The van der Waals surface area contributed by atoms with Gasteiger partial charge in [0.1, 0.15) is 5.25 Å². The van der Waals surface area contributed by atoms with Gasteiger partial charge in [0, 0.05) is 48.8 Å². The van der Waals surface area contributed by atoms with Gasteiger partial charge in [-0.25, -0.2) is 4.79 Å². The van der Waals surface area contributed by atoms with E-state index >= 15 is 0 Å². The van der Waals surface area contributed by atoms with Gasteiger partial charge in [0.25, 0.3) is 10.1 Å². The van der Waals surface area contributed by atoms with Crippen LogP contribution in [0.5, 0.6) is 0 Å². The van der Waals surface area contributed by atoms with Gasteiger partial charge in [0.15, 0.2) is 0 Å². The van der Waals surface area contributed by atoms with E-state index < -0.39 is 21.5 Å². The van der Waals surface area contributed by atoms with Crippen molar-refractivity contribution in [3.63, 3.8) is 0 Å². The molecule has 2 aromatic carbocycles. The van der Waals surface area contributed by atoms with E-state index in [9.17, 15) is 17.8 Å². The van der Waals surface area contributed by atoms with Crippen molar-refractivity contribution in [1.82, 2.24) is 9.55 Å². The van der Waals surface area contributed by atoms with Crippen LogP contribution in [0.3, 0.4) is 0 Å². The number of hydrogen-bond donors (Lipinski definition) is 2. The Morgan fingerprint density at radius 3 is 2.41 bits per heavy atom. The van der Waals surface area contributed by atoms with E-state index in [1.807, 2.05) is 6.07 Å². The van der Waals surface area contributed by atoms with E-state index in [4.69, 9.17) is 4.74 Å². The third-order valence-corrected chi connectivity index (χ3v) is 6.80. The summed E-state index contributed by atoms with van der Waals surface area (Å²) in [7, 11) is -3.33. The van der Waals surface area contributed by atoms with Crippen molar-refractivity contribution in [2.45, 2.75) is 5.25 Å². The number of carbonyl (C=O) groups is 1. The molecule has 0 aliphatic heterocycles. The predicted molar refractivity (Wildman–Crippen MR) is 117 cm³/mol. The van der Waals surface area contributed by atoms with Crippen molar-refractivity contribution in [3.8, 4) is 0 Å². The first kappa shape index (κ1) is 20.1. The van der Waals surface area contributed by atoms with Gasteiger partial charge >= 0.3 is 6.09 Å². The van der Waals surface area contributed by atoms with E-state index in [1.54, 1.807) is 36.5 Å². The highest BCUT2D eigenvalue weighted by Gasteiger charge is 2.33. The first-order valence-corrected chi connectivity index (χ1v) is 11.4. The number of benzene rings is 2. The second-order valence-corrected chi connectivity index (χ2v) is 9.75. The third kappa shape index (κ3) is 3.50. The fraction of sp³-hybridized carbons (Fsp3) is 0.105. The van der Waals surface area contributed by atoms with Crippen molar-refractivity contribution in [2.24, 2.45) is 0 Å². The number of nitrogens with one attached hydrogen (secondary N) is 1. The number of rotatable bonds is 3. The Kier molecular flexibility index (Phi) is 5.06. The van der Waals surface area contributed by atoms with Crippen LogP contribution in [-0.4, -0.2) is 35.7 Å². The van der Waals surface area contributed by atoms with Crippen LogP contribution in [0, 0.1) is 0 Å². The van der Waals surface area contributed by atoms with E-state index in [0.29, 0.717) is 31.8 Å². The summed E-state index contributed by atoms with van der Waals surface area (Å²) in [6.07, 6.45) is 2.27. The summed E-state index contributed by atoms with van der Waals surface area (Å²) in [4.78, 5) is 15.3. The molecule has 4 aromatic rings. The quantitative estimate of drug-likeness (QED) is 0.345. The Balaban J connectivity index is 2.05. The smallest absolute Gasteiger partial charge is 0.418 e. The molecular weight excluding hydrogens is 528 g/mol. The first-order valence-electron chi connectivity index (χ1n) is 8.32. The first-order chi connectivity index (χ1) is 13.7. The van der Waals surface area contributed by atoms with Gasteiger partial charge in [-0.1, -0.05) is 44.0 Å². The SMILES string of the molecule is COC(=O)n1cc(C(c2c[nH]c3cc(Br)ccc23)S(=O)(=O)O)c2ccc(Br)cc21. The lowest BCUT2D eigenvalue weighted by Gasteiger charge is -2.13. The molecule has 0 aliphatic carbocycles. The van der Waals surface area contributed by atoms with Crippen LogP contribution in [0.15, 0.2) is 57.7 Å². The van der Waals surface area contributed by atoms with Gasteiger partial charge in [-0.15, -0.1) is 0 Å². The summed E-state index contributed by atoms with van der Waals surface area (Å²) in [5, 5.41) is -0.244. The second kappa shape index (κ2) is 7.28. The largest absolute Gasteiger partial charge is 0.452 e. The average Bonchev–Trinajstić information content (AvgIpc) is 3.22. The molecular formula is C19H14Br2N2O5S. The van der Waals surface area contributed by atoms with Gasteiger partial charge in [0.2, 0.25) is 0 Å². The molecule has 2 heterocycles. The van der Waals surface area contributed by atoms with Crippen molar-refractivity contribution in [1.29, 1.82) is 0 Å². The maximum Gasteiger partial charge on any atom is 0.418 e. The molecule has 0 saturated carbocycles. The summed E-state index contributed by atoms with van der Waals surface area (Å²) in [5.41, 5.74) is 1.81. The molecule has 1 unspecified atom stereocenters. The number of ether oxygens (including phenoxy) is 1. The van der Waals surface area contributed by atoms with E-state index in [-0.39, 0.29) is 5.56 Å². The molecule has 10 heteroatoms. The molecule has 2 N–H and O–H groups in total. The highest BCUT2D eigenvalue weighted by Crippen LogP contribution is 2.39. The maximum absolute atomic E-state index is 12.5. The van der Waals surface area contributed by atoms with Crippen LogP contribution in [0.4, 0.5) is 4.79 Å². The highest BCUT2D eigenvalue weighted by molar-refractivity contribution is 9.10. The van der Waals surface area contributed by atoms with Crippen LogP contribution in [-0.2, 0) is 14.9 Å². The summed E-state index contributed by atoms with van der Waals surface area (Å²) >= 11 is 6.74. The van der Waals surface area contributed by atoms with Gasteiger partial charge in [-0.3, -0.25) is 9.12 Å². The molecule has 0 bridgehead atoms. The predicted octanol–water partition coefficient (Wildman–Crippen LogP) is 5.24. The number of carbonyl (C=O) groups excluding carboxylic acids is 1. The van der Waals surface area contributed by atoms with Crippen molar-refractivity contribution < 1.29 is 22.5 Å². The third-order valence-electron chi connectivity index (χ3n) is 4.71. The Labute approximate surface area is 182 Å². The number of hydrogen-bond acceptors (Lipinski definition) is 4. The van der Waals surface area contributed by atoms with Crippen molar-refractivity contribution in [3.05, 3.63) is 68.9 Å². The number of aromatic amines is 1. The fourth-order valence-corrected chi connectivity index (χ4v) is 5.25. The van der Waals surface area contributed by atoms with E-state index in [2.05, 4.69) is 36.8 Å². The molecule has 150 valence electrons. The molecule has 0 spiro atoms. The Morgan fingerprint density at radius 2 is 1.76 bits per heavy atom. The zero-order valence-corrected chi connectivity index (χ0v) is 18.9. The molecule has 0 radical (unpaired) electrons.